The van der Waals surface area contributed by atoms with Crippen molar-refractivity contribution in [3.05, 3.63) is 72.0 Å². The summed E-state index contributed by atoms with van der Waals surface area (Å²) in [5.74, 6) is 1.73. The van der Waals surface area contributed by atoms with Crippen LogP contribution in [0.15, 0.2) is 65.2 Å². The number of ether oxygens (including phenoxy) is 1. The van der Waals surface area contributed by atoms with Crippen LogP contribution in [-0.4, -0.2) is 35.7 Å². The van der Waals surface area contributed by atoms with Crippen LogP contribution in [0.3, 0.4) is 0 Å². The number of aryl methyl sites for hydroxylation is 1. The number of likely N-dealkylation sites (N-methyl/N-ethyl adjacent to an activating group) is 1. The van der Waals surface area contributed by atoms with Crippen molar-refractivity contribution in [1.29, 1.82) is 0 Å². The summed E-state index contributed by atoms with van der Waals surface area (Å²) in [6, 6.07) is 19.7. The average molecular weight is 392 g/mol. The summed E-state index contributed by atoms with van der Waals surface area (Å²) in [5.41, 5.74) is 2.84. The third-order valence-electron chi connectivity index (χ3n) is 4.60. The summed E-state index contributed by atoms with van der Waals surface area (Å²) in [7, 11) is 1.84. The normalized spacial score (nSPS) is 10.9. The zero-order chi connectivity index (χ0) is 20.6. The van der Waals surface area contributed by atoms with Gasteiger partial charge in [0.25, 0.3) is 0 Å². The first-order valence-electron chi connectivity index (χ1n) is 10.0. The molecule has 0 aliphatic carbocycles. The van der Waals surface area contributed by atoms with Gasteiger partial charge in [-0.2, -0.15) is 0 Å². The van der Waals surface area contributed by atoms with Gasteiger partial charge < -0.3 is 14.2 Å². The average Bonchev–Trinajstić information content (AvgIpc) is 3.17. The van der Waals surface area contributed by atoms with E-state index < -0.39 is 0 Å². The van der Waals surface area contributed by atoms with Gasteiger partial charge in [0.15, 0.2) is 0 Å². The van der Waals surface area contributed by atoms with Crippen molar-refractivity contribution in [1.82, 2.24) is 10.1 Å². The van der Waals surface area contributed by atoms with Crippen molar-refractivity contribution in [3.8, 4) is 17.0 Å². The first-order chi connectivity index (χ1) is 14.0. The van der Waals surface area contributed by atoms with Gasteiger partial charge in [0, 0.05) is 31.6 Å². The number of hydrogen-bond acceptors (Lipinski definition) is 4. The molecule has 0 aliphatic rings. The highest BCUT2D eigenvalue weighted by atomic mass is 16.5. The fraction of sp³-hybridized carbons (Fsp3) is 0.333. The van der Waals surface area contributed by atoms with E-state index in [1.165, 1.54) is 0 Å². The Bertz CT molecular complexity index is 919. The predicted octanol–water partition coefficient (Wildman–Crippen LogP) is 4.76. The summed E-state index contributed by atoms with van der Waals surface area (Å²) in [6.45, 7) is 4.65. The Kier molecular flexibility index (Phi) is 7.06. The zero-order valence-corrected chi connectivity index (χ0v) is 17.3. The molecular formula is C24H28N2O3. The topological polar surface area (TPSA) is 55.6 Å². The maximum absolute atomic E-state index is 12.5. The van der Waals surface area contributed by atoms with Crippen LogP contribution in [-0.2, 0) is 17.6 Å². The van der Waals surface area contributed by atoms with E-state index >= 15 is 0 Å². The molecule has 1 amide bonds. The van der Waals surface area contributed by atoms with Crippen LogP contribution in [0.25, 0.3) is 11.3 Å². The maximum Gasteiger partial charge on any atom is 0.226 e. The van der Waals surface area contributed by atoms with Crippen LogP contribution in [0, 0.1) is 0 Å². The third kappa shape index (κ3) is 6.21. The number of amides is 1. The van der Waals surface area contributed by atoms with Gasteiger partial charge in [0.05, 0.1) is 12.5 Å². The molecule has 0 spiro atoms. The number of rotatable bonds is 9. The number of carbonyl (C=O) groups excluding carboxylic acids is 1. The van der Waals surface area contributed by atoms with Gasteiger partial charge in [-0.25, -0.2) is 0 Å². The molecule has 0 unspecified atom stereocenters. The molecule has 5 heteroatoms. The van der Waals surface area contributed by atoms with Crippen molar-refractivity contribution in [2.75, 3.05) is 13.6 Å². The molecule has 0 N–H and O–H groups in total. The van der Waals surface area contributed by atoms with E-state index in [-0.39, 0.29) is 12.0 Å². The molecule has 5 nitrogen and oxygen atoms in total. The Morgan fingerprint density at radius 2 is 1.90 bits per heavy atom. The molecule has 0 radical (unpaired) electrons. The van der Waals surface area contributed by atoms with Gasteiger partial charge in [-0.15, -0.1) is 0 Å². The van der Waals surface area contributed by atoms with Crippen LogP contribution in [0.4, 0.5) is 0 Å². The van der Waals surface area contributed by atoms with Crippen LogP contribution in [0.1, 0.15) is 31.6 Å². The lowest BCUT2D eigenvalue weighted by molar-refractivity contribution is -0.129. The molecule has 0 fully saturated rings. The van der Waals surface area contributed by atoms with E-state index in [1.807, 2.05) is 81.6 Å². The molecule has 0 saturated heterocycles. The molecule has 152 valence electrons. The number of aromatic nitrogens is 1. The van der Waals surface area contributed by atoms with E-state index in [0.717, 1.165) is 41.2 Å². The molecule has 0 bridgehead atoms. The maximum atomic E-state index is 12.5. The van der Waals surface area contributed by atoms with Crippen molar-refractivity contribution < 1.29 is 14.1 Å². The highest BCUT2D eigenvalue weighted by molar-refractivity contribution is 5.78. The molecule has 29 heavy (non-hydrogen) atoms. The van der Waals surface area contributed by atoms with Crippen molar-refractivity contribution >= 4 is 5.91 Å². The largest absolute Gasteiger partial charge is 0.491 e. The minimum absolute atomic E-state index is 0.0919. The Hall–Kier alpha value is -3.08. The van der Waals surface area contributed by atoms with Gasteiger partial charge >= 0.3 is 0 Å². The van der Waals surface area contributed by atoms with Gasteiger partial charge in [0.1, 0.15) is 17.2 Å². The van der Waals surface area contributed by atoms with E-state index in [1.54, 1.807) is 4.90 Å². The van der Waals surface area contributed by atoms with E-state index in [4.69, 9.17) is 9.26 Å². The highest BCUT2D eigenvalue weighted by Crippen LogP contribution is 2.19. The number of benzene rings is 2. The molecule has 2 aromatic carbocycles. The van der Waals surface area contributed by atoms with E-state index in [9.17, 15) is 4.79 Å². The molecule has 0 saturated carbocycles. The smallest absolute Gasteiger partial charge is 0.226 e. The summed E-state index contributed by atoms with van der Waals surface area (Å²) in [5, 5.41) is 4.14. The molecule has 0 atom stereocenters. The van der Waals surface area contributed by atoms with E-state index in [0.29, 0.717) is 13.0 Å². The van der Waals surface area contributed by atoms with Crippen molar-refractivity contribution in [2.24, 2.45) is 0 Å². The molecule has 0 aliphatic heterocycles. The SMILES string of the molecule is CC(C)Oc1cccc(CC(=O)N(C)CCCc2cc(-c3ccccc3)no2)c1. The Labute approximate surface area is 172 Å². The second-order valence-corrected chi connectivity index (χ2v) is 7.45. The van der Waals surface area contributed by atoms with Crippen LogP contribution >= 0.6 is 0 Å². The van der Waals surface area contributed by atoms with Gasteiger partial charge in [-0.3, -0.25) is 4.79 Å². The second-order valence-electron chi connectivity index (χ2n) is 7.45. The first kappa shape index (κ1) is 20.6. The zero-order valence-electron chi connectivity index (χ0n) is 17.3. The quantitative estimate of drug-likeness (QED) is 0.527. The molecule has 1 heterocycles. The number of carbonyl (C=O) groups is 1. The standard InChI is InChI=1S/C24H28N2O3/c1-18(2)28-21-12-7-9-19(15-21)16-24(27)26(3)14-8-13-22-17-23(25-29-22)20-10-5-4-6-11-20/h4-7,9-12,15,17-18H,8,13-14,16H2,1-3H3. The molecule has 3 rings (SSSR count). The Morgan fingerprint density at radius 1 is 1.10 bits per heavy atom. The lowest BCUT2D eigenvalue weighted by Gasteiger charge is -2.17. The second kappa shape index (κ2) is 9.92. The fourth-order valence-corrected chi connectivity index (χ4v) is 3.10. The van der Waals surface area contributed by atoms with E-state index in [2.05, 4.69) is 5.16 Å². The molecular weight excluding hydrogens is 364 g/mol. The Morgan fingerprint density at radius 3 is 2.66 bits per heavy atom. The molecule has 1 aromatic heterocycles. The lowest BCUT2D eigenvalue weighted by atomic mass is 10.1. The summed E-state index contributed by atoms with van der Waals surface area (Å²) < 4.78 is 11.1. The highest BCUT2D eigenvalue weighted by Gasteiger charge is 2.12. The minimum Gasteiger partial charge on any atom is -0.491 e. The van der Waals surface area contributed by atoms with Gasteiger partial charge in [0.2, 0.25) is 5.91 Å². The monoisotopic (exact) mass is 392 g/mol. The number of hydrogen-bond donors (Lipinski definition) is 0. The summed E-state index contributed by atoms with van der Waals surface area (Å²) in [6.07, 6.45) is 2.05. The third-order valence-corrected chi connectivity index (χ3v) is 4.60. The van der Waals surface area contributed by atoms with Crippen LogP contribution in [0.2, 0.25) is 0 Å². The molecule has 3 aromatic rings. The minimum atomic E-state index is 0.0919. The fourth-order valence-electron chi connectivity index (χ4n) is 3.10. The van der Waals surface area contributed by atoms with Crippen molar-refractivity contribution in [3.63, 3.8) is 0 Å². The Balaban J connectivity index is 1.46. The van der Waals surface area contributed by atoms with Gasteiger partial charge in [-0.05, 0) is 38.0 Å². The van der Waals surface area contributed by atoms with Crippen LogP contribution < -0.4 is 4.74 Å². The summed E-state index contributed by atoms with van der Waals surface area (Å²) >= 11 is 0. The van der Waals surface area contributed by atoms with Crippen molar-refractivity contribution in [2.45, 2.75) is 39.2 Å². The van der Waals surface area contributed by atoms with Crippen LogP contribution in [0.5, 0.6) is 5.75 Å². The summed E-state index contributed by atoms with van der Waals surface area (Å²) in [4.78, 5) is 14.3. The predicted molar refractivity (Wildman–Crippen MR) is 114 cm³/mol. The number of nitrogens with zero attached hydrogens (tertiary/aromatic N) is 2. The first-order valence-corrected chi connectivity index (χ1v) is 10.0. The lowest BCUT2D eigenvalue weighted by Crippen LogP contribution is -2.29. The van der Waals surface area contributed by atoms with Gasteiger partial charge in [-0.1, -0.05) is 47.6 Å².